The first-order valence-electron chi connectivity index (χ1n) is 12.2. The Bertz CT molecular complexity index is 1230. The van der Waals surface area contributed by atoms with Crippen LogP contribution in [-0.2, 0) is 22.3 Å². The molecule has 13 heteroatoms. The number of nitrogens with one attached hydrogen (secondary N) is 3. The van der Waals surface area contributed by atoms with Crippen LogP contribution < -0.4 is 21.7 Å². The van der Waals surface area contributed by atoms with Crippen molar-refractivity contribution in [2.75, 3.05) is 30.7 Å². The molecule has 1 saturated heterocycles. The molecule has 1 fully saturated rings. The van der Waals surface area contributed by atoms with Gasteiger partial charge in [0.2, 0.25) is 5.91 Å². The number of halogens is 3. The summed E-state index contributed by atoms with van der Waals surface area (Å²) in [6.45, 7) is 6.15. The van der Waals surface area contributed by atoms with Crippen molar-refractivity contribution >= 4 is 29.3 Å². The van der Waals surface area contributed by atoms with Gasteiger partial charge < -0.3 is 26.2 Å². The van der Waals surface area contributed by atoms with Crippen LogP contribution in [0.3, 0.4) is 0 Å². The molecule has 0 radical (unpaired) electrons. The Morgan fingerprint density at radius 1 is 1.13 bits per heavy atom. The first-order chi connectivity index (χ1) is 18.1. The lowest BCUT2D eigenvalue weighted by Gasteiger charge is -2.21. The minimum atomic E-state index is -4.73. The average molecular weight is 552 g/mol. The number of anilines is 2. The highest BCUT2D eigenvalue weighted by Crippen LogP contribution is 2.32. The van der Waals surface area contributed by atoms with Crippen molar-refractivity contribution in [1.29, 1.82) is 0 Å². The highest BCUT2D eigenvalue weighted by molar-refractivity contribution is 6.04. The van der Waals surface area contributed by atoms with Crippen molar-refractivity contribution in [3.63, 3.8) is 0 Å². The van der Waals surface area contributed by atoms with Crippen molar-refractivity contribution < 1.29 is 37.4 Å². The van der Waals surface area contributed by atoms with Crippen LogP contribution in [0.4, 0.5) is 29.3 Å². The van der Waals surface area contributed by atoms with Crippen LogP contribution in [0.5, 0.6) is 5.75 Å². The number of likely N-dealkylation sites (tertiary alicyclic amines) is 1. The molecule has 0 bridgehead atoms. The molecule has 39 heavy (non-hydrogen) atoms. The van der Waals surface area contributed by atoms with Crippen molar-refractivity contribution in [3.8, 4) is 5.75 Å². The van der Waals surface area contributed by atoms with Crippen molar-refractivity contribution in [3.05, 3.63) is 53.1 Å². The van der Waals surface area contributed by atoms with E-state index in [1.54, 1.807) is 32.9 Å². The van der Waals surface area contributed by atoms with Crippen LogP contribution in [0.15, 0.2) is 36.4 Å². The fourth-order valence-corrected chi connectivity index (χ4v) is 4.02. The number of nitrogens with zero attached hydrogens (tertiary/aromatic N) is 1. The number of hydrogen-bond acceptors (Lipinski definition) is 7. The molecular weight excluding hydrogens is 519 g/mol. The molecule has 2 aromatic rings. The maximum absolute atomic E-state index is 13.3. The zero-order valence-corrected chi connectivity index (χ0v) is 21.8. The van der Waals surface area contributed by atoms with Gasteiger partial charge in [0.1, 0.15) is 11.4 Å². The quantitative estimate of drug-likeness (QED) is 0.262. The molecule has 3 amide bonds. The molecule has 3 rings (SSSR count). The molecule has 0 aliphatic carbocycles. The van der Waals surface area contributed by atoms with Gasteiger partial charge in [0.15, 0.2) is 0 Å². The summed E-state index contributed by atoms with van der Waals surface area (Å²) in [5, 5.41) is 17.0. The number of nitrogen functional groups attached to an aromatic ring is 1. The first-order valence-corrected chi connectivity index (χ1v) is 12.2. The van der Waals surface area contributed by atoms with Crippen molar-refractivity contribution in [1.82, 2.24) is 15.5 Å². The van der Waals surface area contributed by atoms with E-state index in [0.29, 0.717) is 32.1 Å². The minimum absolute atomic E-state index is 0.00485. The third kappa shape index (κ3) is 8.77. The number of phenols is 1. The summed E-state index contributed by atoms with van der Waals surface area (Å²) < 4.78 is 44.9. The number of carbonyl (C=O) groups excluding carboxylic acids is 3. The molecule has 0 saturated carbocycles. The summed E-state index contributed by atoms with van der Waals surface area (Å²) in [6, 6.07) is 7.04. The molecule has 2 aromatic carbocycles. The minimum Gasteiger partial charge on any atom is -0.506 e. The average Bonchev–Trinajstić information content (AvgIpc) is 3.24. The molecule has 1 aliphatic rings. The third-order valence-corrected chi connectivity index (χ3v) is 5.77. The number of aromatic hydroxyl groups is 1. The number of benzene rings is 2. The van der Waals surface area contributed by atoms with E-state index < -0.39 is 47.4 Å². The predicted octanol–water partition coefficient (Wildman–Crippen LogP) is 3.46. The second kappa shape index (κ2) is 11.8. The van der Waals surface area contributed by atoms with Gasteiger partial charge in [-0.1, -0.05) is 6.07 Å². The second-order valence-corrected chi connectivity index (χ2v) is 10.2. The molecule has 1 heterocycles. The number of amides is 3. The van der Waals surface area contributed by atoms with E-state index in [1.165, 1.54) is 6.07 Å². The van der Waals surface area contributed by atoms with Gasteiger partial charge in [0, 0.05) is 25.7 Å². The fourth-order valence-electron chi connectivity index (χ4n) is 4.02. The van der Waals surface area contributed by atoms with E-state index in [0.717, 1.165) is 17.7 Å². The molecule has 0 spiro atoms. The van der Waals surface area contributed by atoms with Crippen LogP contribution in [-0.4, -0.2) is 59.2 Å². The van der Waals surface area contributed by atoms with Gasteiger partial charge >= 0.3 is 12.3 Å². The number of carbonyl (C=O) groups is 3. The highest BCUT2D eigenvalue weighted by atomic mass is 19.4. The van der Waals surface area contributed by atoms with Gasteiger partial charge in [-0.15, -0.1) is 0 Å². The molecule has 1 unspecified atom stereocenters. The van der Waals surface area contributed by atoms with E-state index in [4.69, 9.17) is 10.5 Å². The topological polar surface area (TPSA) is 146 Å². The van der Waals surface area contributed by atoms with Gasteiger partial charge in [-0.05, 0) is 63.1 Å². The van der Waals surface area contributed by atoms with Crippen LogP contribution in [0, 0.1) is 0 Å². The molecule has 1 atom stereocenters. The van der Waals surface area contributed by atoms with E-state index in [2.05, 4.69) is 20.9 Å². The summed E-state index contributed by atoms with van der Waals surface area (Å²) >= 11 is 0. The van der Waals surface area contributed by atoms with Gasteiger partial charge in [-0.2, -0.15) is 13.2 Å². The SMILES string of the molecule is CC(C)(C)OC(=O)Nc1ccc(C(F)(F)F)cc1C(=O)NCC(=O)NC1CCN(Cc2ccc(O)c(N)c2)C1. The summed E-state index contributed by atoms with van der Waals surface area (Å²) in [4.78, 5) is 39.5. The summed E-state index contributed by atoms with van der Waals surface area (Å²) in [6.07, 6.45) is -5.02. The fraction of sp³-hybridized carbons (Fsp3) is 0.423. The number of rotatable bonds is 7. The monoisotopic (exact) mass is 551 g/mol. The lowest BCUT2D eigenvalue weighted by atomic mass is 10.1. The Hall–Kier alpha value is -4.00. The molecule has 212 valence electrons. The second-order valence-electron chi connectivity index (χ2n) is 10.2. The predicted molar refractivity (Wildman–Crippen MR) is 138 cm³/mol. The lowest BCUT2D eigenvalue weighted by Crippen LogP contribution is -2.43. The number of hydrogen-bond donors (Lipinski definition) is 5. The van der Waals surface area contributed by atoms with E-state index in [9.17, 15) is 32.7 Å². The number of nitrogens with two attached hydrogens (primary N) is 1. The van der Waals surface area contributed by atoms with Gasteiger partial charge in [0.25, 0.3) is 5.91 Å². The van der Waals surface area contributed by atoms with Crippen molar-refractivity contribution in [2.24, 2.45) is 0 Å². The number of phenolic OH excluding ortho intramolecular Hbond substituents is 1. The lowest BCUT2D eigenvalue weighted by molar-refractivity contribution is -0.137. The molecule has 0 aromatic heterocycles. The van der Waals surface area contributed by atoms with Crippen LogP contribution in [0.1, 0.15) is 48.7 Å². The van der Waals surface area contributed by atoms with E-state index in [1.807, 2.05) is 0 Å². The summed E-state index contributed by atoms with van der Waals surface area (Å²) in [5.74, 6) is -1.48. The Labute approximate surface area is 223 Å². The molecule has 10 nitrogen and oxygen atoms in total. The molecular formula is C26H32F3N5O5. The Morgan fingerprint density at radius 2 is 1.85 bits per heavy atom. The van der Waals surface area contributed by atoms with E-state index >= 15 is 0 Å². The zero-order chi connectivity index (χ0) is 29.0. The number of ether oxygens (including phenoxy) is 1. The van der Waals surface area contributed by atoms with Crippen LogP contribution in [0.25, 0.3) is 0 Å². The number of alkyl halides is 3. The maximum Gasteiger partial charge on any atom is 0.416 e. The summed E-state index contributed by atoms with van der Waals surface area (Å²) in [5.41, 5.74) is 4.28. The Balaban J connectivity index is 1.58. The zero-order valence-electron chi connectivity index (χ0n) is 21.8. The smallest absolute Gasteiger partial charge is 0.416 e. The van der Waals surface area contributed by atoms with E-state index in [-0.39, 0.29) is 23.2 Å². The Morgan fingerprint density at radius 3 is 2.49 bits per heavy atom. The summed E-state index contributed by atoms with van der Waals surface area (Å²) in [7, 11) is 0. The normalized spacial score (nSPS) is 16.0. The van der Waals surface area contributed by atoms with Crippen molar-refractivity contribution in [2.45, 2.75) is 51.6 Å². The molecule has 1 aliphatic heterocycles. The largest absolute Gasteiger partial charge is 0.506 e. The van der Waals surface area contributed by atoms with Gasteiger partial charge in [-0.3, -0.25) is 19.8 Å². The highest BCUT2D eigenvalue weighted by Gasteiger charge is 2.32. The third-order valence-electron chi connectivity index (χ3n) is 5.77. The Kier molecular flexibility index (Phi) is 8.95. The standard InChI is InChI=1S/C26H32F3N5O5/c1-25(2,3)39-24(38)33-20-6-5-16(26(27,28)29)11-18(20)23(37)31-12-22(36)32-17-8-9-34(14-17)13-15-4-7-21(35)19(30)10-15/h4-7,10-11,17,35H,8-9,12-14,30H2,1-3H3,(H,31,37)(H,32,36)(H,33,38). The van der Waals surface area contributed by atoms with Crippen LogP contribution in [0.2, 0.25) is 0 Å². The first kappa shape index (κ1) is 29.6. The molecule has 6 N–H and O–H groups in total. The maximum atomic E-state index is 13.3. The van der Waals surface area contributed by atoms with Gasteiger partial charge in [-0.25, -0.2) is 4.79 Å². The van der Waals surface area contributed by atoms with Gasteiger partial charge in [0.05, 0.1) is 29.0 Å². The van der Waals surface area contributed by atoms with Crippen LogP contribution >= 0.6 is 0 Å².